The van der Waals surface area contributed by atoms with E-state index in [0.717, 1.165) is 128 Å². The molecule has 0 saturated carbocycles. The van der Waals surface area contributed by atoms with Crippen LogP contribution in [-0.4, -0.2) is 143 Å². The van der Waals surface area contributed by atoms with Crippen LogP contribution in [0.4, 0.5) is 4.39 Å². The van der Waals surface area contributed by atoms with E-state index < -0.39 is 6.67 Å². The zero-order chi connectivity index (χ0) is 59.3. The third-order valence-electron chi connectivity index (χ3n) is 13.8. The van der Waals surface area contributed by atoms with Crippen molar-refractivity contribution in [3.8, 4) is 51.9 Å². The van der Waals surface area contributed by atoms with Gasteiger partial charge in [-0.2, -0.15) is 20.3 Å². The van der Waals surface area contributed by atoms with Crippen LogP contribution in [0.3, 0.4) is 0 Å². The molecule has 11 aromatic rings. The quantitative estimate of drug-likeness (QED) is 0.0791. The number of oxazole rings is 1. The number of aryl methyl sites for hydroxylation is 5. The second kappa shape index (κ2) is 28.7. The van der Waals surface area contributed by atoms with E-state index in [-0.39, 0.29) is 5.41 Å². The predicted molar refractivity (Wildman–Crippen MR) is 334 cm³/mol. The molecule has 1 aliphatic heterocycles. The second-order valence-corrected chi connectivity index (χ2v) is 22.9. The molecule has 0 unspecified atom stereocenters. The Bertz CT molecular complexity index is 4000. The Kier molecular flexibility index (Phi) is 21.0. The van der Waals surface area contributed by atoms with Gasteiger partial charge in [-0.25, -0.2) is 19.0 Å². The molecule has 0 aliphatic carbocycles. The number of hydrogen-bond acceptors (Lipinski definition) is 13. The number of alkyl halides is 1. The van der Waals surface area contributed by atoms with Gasteiger partial charge in [-0.3, -0.25) is 8.96 Å². The zero-order valence-electron chi connectivity index (χ0n) is 48.3. The number of para-hydroxylation sites is 3. The van der Waals surface area contributed by atoms with Crippen molar-refractivity contribution >= 4 is 99.4 Å². The molecule has 0 fully saturated rings. The number of rotatable bonds is 17. The van der Waals surface area contributed by atoms with E-state index >= 15 is 0 Å². The average Bonchev–Trinajstić information content (AvgIpc) is 3.19. The first-order chi connectivity index (χ1) is 40.9. The molecule has 8 heterocycles. The Balaban J connectivity index is 0.000000136. The molecular formula is C60H63Al3FGaN14O4S. The monoisotopic (exact) mass is 1240 g/mol. The van der Waals surface area contributed by atoms with Gasteiger partial charge in [0.2, 0.25) is 5.82 Å². The fraction of sp³-hybridized carbons (Fsp3) is 0.233. The summed E-state index contributed by atoms with van der Waals surface area (Å²) in [6.45, 7) is 13.9. The van der Waals surface area contributed by atoms with Crippen molar-refractivity contribution in [2.24, 2.45) is 10.4 Å². The van der Waals surface area contributed by atoms with Crippen molar-refractivity contribution in [1.29, 1.82) is 0 Å². The predicted octanol–water partition coefficient (Wildman–Crippen LogP) is 10.3. The van der Waals surface area contributed by atoms with Crippen molar-refractivity contribution in [2.75, 3.05) is 6.67 Å². The van der Waals surface area contributed by atoms with Gasteiger partial charge < -0.3 is 15.8 Å². The van der Waals surface area contributed by atoms with E-state index in [4.69, 9.17) is 30.9 Å². The molecule has 0 saturated heterocycles. The van der Waals surface area contributed by atoms with Crippen LogP contribution >= 0.6 is 9.70 Å². The molecule has 1 aliphatic rings. The first-order valence-electron chi connectivity index (χ1n) is 27.4. The molecule has 4 aromatic carbocycles. The maximum atomic E-state index is 12.1. The van der Waals surface area contributed by atoms with Crippen LogP contribution in [0.15, 0.2) is 179 Å². The van der Waals surface area contributed by atoms with Gasteiger partial charge in [0.1, 0.15) is 11.4 Å². The summed E-state index contributed by atoms with van der Waals surface area (Å²) in [5.74, 6) is 6.35. The second-order valence-electron chi connectivity index (χ2n) is 19.6. The van der Waals surface area contributed by atoms with Crippen LogP contribution < -0.4 is 7.58 Å². The van der Waals surface area contributed by atoms with Crippen molar-refractivity contribution < 1.29 is 20.2 Å². The van der Waals surface area contributed by atoms with E-state index in [9.17, 15) is 4.39 Å². The van der Waals surface area contributed by atoms with Gasteiger partial charge in [0.05, 0.1) is 34.7 Å². The van der Waals surface area contributed by atoms with E-state index in [1.54, 1.807) is 39.9 Å². The van der Waals surface area contributed by atoms with Gasteiger partial charge in [-0.1, -0.05) is 56.7 Å². The van der Waals surface area contributed by atoms with Crippen molar-refractivity contribution in [3.05, 3.63) is 193 Å². The molecule has 0 N–H and O–H groups in total. The van der Waals surface area contributed by atoms with E-state index in [1.807, 2.05) is 93.9 Å². The molecule has 7 aromatic heterocycles. The van der Waals surface area contributed by atoms with Gasteiger partial charge in [-0.05, 0) is 70.0 Å². The minimum Gasteiger partial charge on any atom is -0.650 e. The number of aromatic nitrogens is 13. The molecular weight excluding hydrogens is 1180 g/mol. The van der Waals surface area contributed by atoms with Gasteiger partial charge in [0.15, 0.2) is 17.6 Å². The molecule has 12 rings (SSSR count). The van der Waals surface area contributed by atoms with Crippen LogP contribution in [0.5, 0.6) is 11.8 Å². The standard InChI is InChI=1S/C19H17N5S.C16H19N3O.C16H17N3O.C9H10FN3O2.3Al.Ga.4H/c1-2-16-20-13-23(22-16)18-19(25)24(15-11-7-4-8-12-15)17(21-18)14-9-5-3-6-10-14;1-5-12-11-8-6-7-9-13(11)19(18-12)15-14(20)16(3,4)10(2)17-15;1-2-6-13-9-12-19(17-13)15-10-11-18(16(15)20)14-7-4-3-5-8-14;1-6-11-8(9(14)15-6)13-5-3-7(12-13)2-4-10;;;;;;;;/h3-13,25H,2H2,1H3;6-9,20H,5H2,1-4H3;3-5,7-12,20H,2,6H2,1H3;3,5,14H,2,4H2,1H3;;;;;;;;/q;;;;4*+1;;;;/p-4. The van der Waals surface area contributed by atoms with Crippen molar-refractivity contribution in [1.82, 2.24) is 63.2 Å². The van der Waals surface area contributed by atoms with Crippen LogP contribution in [0.1, 0.15) is 76.8 Å². The summed E-state index contributed by atoms with van der Waals surface area (Å²) in [6.07, 6.45) is 11.6. The number of hydrogen-bond donors (Lipinski definition) is 0. The number of nitrogens with zero attached hydrogens (tertiary/aromatic N) is 14. The van der Waals surface area contributed by atoms with E-state index in [1.165, 1.54) is 59.9 Å². The topological polar surface area (TPSA) is 173 Å². The van der Waals surface area contributed by atoms with Gasteiger partial charge in [0, 0.05) is 48.7 Å². The normalized spacial score (nSPS) is 12.5. The molecule has 24 heteroatoms. The van der Waals surface area contributed by atoms with Crippen LogP contribution in [0, 0.1) is 12.3 Å². The molecule has 422 valence electrons. The number of fused-ring (bicyclic) bond motifs is 1. The summed E-state index contributed by atoms with van der Waals surface area (Å²) in [7, 11) is 1.78. The first-order valence-corrected chi connectivity index (χ1v) is 33.7. The summed E-state index contributed by atoms with van der Waals surface area (Å²) in [5, 5.41) is 20.4. The molecule has 4 radical (unpaired) electrons. The number of allylic oxidation sites excluding steroid dienone is 1. The fourth-order valence-electron chi connectivity index (χ4n) is 9.32. The first kappa shape index (κ1) is 61.5. The Hall–Kier alpha value is -7.07. The molecule has 0 amide bonds. The molecule has 84 heavy (non-hydrogen) atoms. The molecule has 0 bridgehead atoms. The van der Waals surface area contributed by atoms with Gasteiger partial charge in [-0.15, -0.1) is 0 Å². The Morgan fingerprint density at radius 2 is 1.32 bits per heavy atom. The van der Waals surface area contributed by atoms with Crippen molar-refractivity contribution in [3.63, 3.8) is 0 Å². The maximum absolute atomic E-state index is 12.1. The average molecular weight is 1250 g/mol. The van der Waals surface area contributed by atoms with Crippen LogP contribution in [0.2, 0.25) is 0 Å². The maximum Gasteiger partial charge on any atom is 0.497 e. The van der Waals surface area contributed by atoms with Gasteiger partial charge in [0.25, 0.3) is 5.95 Å². The van der Waals surface area contributed by atoms with Crippen LogP contribution in [-0.2, 0) is 29.5 Å². The number of benzene rings is 4. The van der Waals surface area contributed by atoms with Crippen LogP contribution in [0.25, 0.3) is 56.8 Å². The SMILES string of the molecule is CCCc1ccn(-c2ccn(-c3ccccc3)c2[O][AlH])n1.CCc1ncn(-c2nc(-c3ccccc3)n(-c3ccccc3)c2[S][GaH])n1.CCc1nn(C2=C([O][AlH])C(C)(C)C(C)=N2)c2ccccc12.Cc1nc(-n2ccc(CCF)n2)c([O][AlH])o1. The number of halogens is 1. The molecule has 0 atom stereocenters. The Morgan fingerprint density at radius 1 is 0.667 bits per heavy atom. The summed E-state index contributed by atoms with van der Waals surface area (Å²) in [5.41, 5.74) is 9.02. The smallest absolute Gasteiger partial charge is 0.497 e. The third kappa shape index (κ3) is 13.5. The third-order valence-corrected chi connectivity index (χ3v) is 17.0. The summed E-state index contributed by atoms with van der Waals surface area (Å²) >= 11 is 5.34. The Labute approximate surface area is 526 Å². The minimum atomic E-state index is -0.423. The van der Waals surface area contributed by atoms with Crippen molar-refractivity contribution in [2.45, 2.75) is 85.6 Å². The van der Waals surface area contributed by atoms with E-state index in [0.29, 0.717) is 29.8 Å². The molecule has 18 nitrogen and oxygen atoms in total. The number of aliphatic imine (C=N–C) groups is 1. The largest absolute Gasteiger partial charge is 0.650 e. The summed E-state index contributed by atoms with van der Waals surface area (Å²) < 4.78 is 45.1. The zero-order valence-corrected chi connectivity index (χ0v) is 56.3. The minimum absolute atomic E-state index is 0.184. The van der Waals surface area contributed by atoms with E-state index in [2.05, 4.69) is 131 Å². The summed E-state index contributed by atoms with van der Waals surface area (Å²) in [6, 6.07) is 44.9. The Morgan fingerprint density at radius 3 is 1.95 bits per heavy atom. The summed E-state index contributed by atoms with van der Waals surface area (Å²) in [4.78, 5) is 18.2. The number of imidazole rings is 1. The van der Waals surface area contributed by atoms with Gasteiger partial charge >= 0.3 is 215 Å². The fourth-order valence-corrected chi connectivity index (χ4v) is 12.5. The molecule has 0 spiro atoms.